The van der Waals surface area contributed by atoms with Crippen molar-refractivity contribution < 1.29 is 18.0 Å². The predicted octanol–water partition coefficient (Wildman–Crippen LogP) is 3.96. The van der Waals surface area contributed by atoms with Gasteiger partial charge in [0.1, 0.15) is 0 Å². The SMILES string of the molecule is CC(=O)c1cccc(S(=O)(=O)N2CCN(C(=O)c3cc(C)n(C4CCCCC4)c3C)CC2)c1. The number of rotatable bonds is 5. The van der Waals surface area contributed by atoms with Gasteiger partial charge in [-0.2, -0.15) is 4.31 Å². The first-order valence-corrected chi connectivity index (χ1v) is 13.2. The van der Waals surface area contributed by atoms with Gasteiger partial charge >= 0.3 is 0 Å². The Morgan fingerprint density at radius 3 is 2.24 bits per heavy atom. The van der Waals surface area contributed by atoms with Gasteiger partial charge in [-0.05, 0) is 51.8 Å². The molecule has 0 radical (unpaired) electrons. The second-order valence-electron chi connectivity index (χ2n) is 9.23. The van der Waals surface area contributed by atoms with Crippen LogP contribution in [-0.2, 0) is 10.0 Å². The number of hydrogen-bond donors (Lipinski definition) is 0. The molecular weight excluding hydrogens is 438 g/mol. The third-order valence-corrected chi connectivity index (χ3v) is 8.95. The first kappa shape index (κ1) is 23.7. The summed E-state index contributed by atoms with van der Waals surface area (Å²) in [5, 5.41) is 0. The van der Waals surface area contributed by atoms with Gasteiger partial charge in [0.15, 0.2) is 5.78 Å². The number of sulfonamides is 1. The molecule has 178 valence electrons. The van der Waals surface area contributed by atoms with Crippen LogP contribution in [0.25, 0.3) is 0 Å². The van der Waals surface area contributed by atoms with E-state index in [-0.39, 0.29) is 29.7 Å². The topological polar surface area (TPSA) is 79.7 Å². The molecule has 0 unspecified atom stereocenters. The molecule has 1 aromatic carbocycles. The summed E-state index contributed by atoms with van der Waals surface area (Å²) in [6.45, 7) is 6.67. The van der Waals surface area contributed by atoms with Crippen LogP contribution in [0.1, 0.15) is 77.2 Å². The molecule has 33 heavy (non-hydrogen) atoms. The molecular formula is C25H33N3O4S. The Labute approximate surface area is 196 Å². The maximum Gasteiger partial charge on any atom is 0.255 e. The number of nitrogens with zero attached hydrogens (tertiary/aromatic N) is 3. The van der Waals surface area contributed by atoms with Gasteiger partial charge < -0.3 is 9.47 Å². The van der Waals surface area contributed by atoms with E-state index < -0.39 is 10.0 Å². The number of benzene rings is 1. The minimum absolute atomic E-state index is 0.0271. The van der Waals surface area contributed by atoms with Gasteiger partial charge in [0.05, 0.1) is 10.5 Å². The van der Waals surface area contributed by atoms with E-state index in [0.717, 1.165) is 29.8 Å². The number of aryl methyl sites for hydroxylation is 1. The summed E-state index contributed by atoms with van der Waals surface area (Å²) in [6, 6.07) is 8.60. The maximum atomic E-state index is 13.3. The molecule has 2 fully saturated rings. The lowest BCUT2D eigenvalue weighted by Crippen LogP contribution is -2.50. The van der Waals surface area contributed by atoms with E-state index in [2.05, 4.69) is 11.5 Å². The van der Waals surface area contributed by atoms with Gasteiger partial charge in [0, 0.05) is 49.2 Å². The lowest BCUT2D eigenvalue weighted by atomic mass is 9.95. The molecule has 1 amide bonds. The molecule has 1 aliphatic heterocycles. The number of carbonyl (C=O) groups is 2. The van der Waals surface area contributed by atoms with Gasteiger partial charge in [-0.3, -0.25) is 9.59 Å². The Morgan fingerprint density at radius 1 is 0.939 bits per heavy atom. The zero-order valence-electron chi connectivity index (χ0n) is 19.7. The van der Waals surface area contributed by atoms with Crippen LogP contribution >= 0.6 is 0 Å². The molecule has 0 N–H and O–H groups in total. The van der Waals surface area contributed by atoms with Crippen molar-refractivity contribution in [1.82, 2.24) is 13.8 Å². The third kappa shape index (κ3) is 4.64. The second kappa shape index (κ2) is 9.43. The monoisotopic (exact) mass is 471 g/mol. The molecule has 0 atom stereocenters. The minimum atomic E-state index is -3.72. The summed E-state index contributed by atoms with van der Waals surface area (Å²) in [6.07, 6.45) is 6.07. The van der Waals surface area contributed by atoms with Gasteiger partial charge in [-0.15, -0.1) is 0 Å². The maximum absolute atomic E-state index is 13.3. The van der Waals surface area contributed by atoms with Crippen molar-refractivity contribution in [2.45, 2.75) is 63.8 Å². The van der Waals surface area contributed by atoms with Gasteiger partial charge in [-0.1, -0.05) is 31.4 Å². The summed E-state index contributed by atoms with van der Waals surface area (Å²) < 4.78 is 29.9. The summed E-state index contributed by atoms with van der Waals surface area (Å²) in [5.74, 6) is -0.200. The zero-order chi connectivity index (χ0) is 23.8. The first-order chi connectivity index (χ1) is 15.7. The third-order valence-electron chi connectivity index (χ3n) is 7.06. The molecule has 1 saturated carbocycles. The van der Waals surface area contributed by atoms with Crippen molar-refractivity contribution in [2.75, 3.05) is 26.2 Å². The van der Waals surface area contributed by atoms with Crippen LogP contribution in [0.4, 0.5) is 0 Å². The lowest BCUT2D eigenvalue weighted by molar-refractivity contribution is 0.0696. The minimum Gasteiger partial charge on any atom is -0.345 e. The Bertz CT molecular complexity index is 1150. The van der Waals surface area contributed by atoms with Crippen LogP contribution in [-0.4, -0.2) is 60.1 Å². The molecule has 1 aliphatic carbocycles. The molecule has 2 aromatic rings. The Balaban J connectivity index is 1.46. The molecule has 1 aromatic heterocycles. The largest absolute Gasteiger partial charge is 0.345 e. The van der Waals surface area contributed by atoms with Crippen molar-refractivity contribution in [3.05, 3.63) is 52.8 Å². The number of carbonyl (C=O) groups excluding carboxylic acids is 2. The van der Waals surface area contributed by atoms with E-state index in [1.54, 1.807) is 17.0 Å². The van der Waals surface area contributed by atoms with Crippen molar-refractivity contribution in [1.29, 1.82) is 0 Å². The summed E-state index contributed by atoms with van der Waals surface area (Å²) in [7, 11) is -3.72. The van der Waals surface area contributed by atoms with Crippen LogP contribution in [0.3, 0.4) is 0 Å². The van der Waals surface area contributed by atoms with Crippen LogP contribution in [0.5, 0.6) is 0 Å². The summed E-state index contributed by atoms with van der Waals surface area (Å²) in [4.78, 5) is 26.8. The highest BCUT2D eigenvalue weighted by Crippen LogP contribution is 2.32. The fraction of sp³-hybridized carbons (Fsp3) is 0.520. The number of amides is 1. The van der Waals surface area contributed by atoms with E-state index in [4.69, 9.17) is 0 Å². The van der Waals surface area contributed by atoms with Crippen molar-refractivity contribution >= 4 is 21.7 Å². The normalized spacial score (nSPS) is 18.5. The van der Waals surface area contributed by atoms with Crippen LogP contribution in [0, 0.1) is 13.8 Å². The zero-order valence-corrected chi connectivity index (χ0v) is 20.5. The Hall–Kier alpha value is -2.45. The highest BCUT2D eigenvalue weighted by atomic mass is 32.2. The number of hydrogen-bond acceptors (Lipinski definition) is 4. The number of Topliss-reactive ketones (excluding diaryl/α,β-unsaturated/α-hetero) is 1. The van der Waals surface area contributed by atoms with E-state index in [0.29, 0.717) is 24.7 Å². The second-order valence-corrected chi connectivity index (χ2v) is 11.2. The first-order valence-electron chi connectivity index (χ1n) is 11.8. The molecule has 0 bridgehead atoms. The van der Waals surface area contributed by atoms with Gasteiger partial charge in [-0.25, -0.2) is 8.42 Å². The van der Waals surface area contributed by atoms with E-state index in [1.165, 1.54) is 42.6 Å². The average molecular weight is 472 g/mol. The van der Waals surface area contributed by atoms with E-state index >= 15 is 0 Å². The average Bonchev–Trinajstić information content (AvgIpc) is 3.13. The van der Waals surface area contributed by atoms with Crippen molar-refractivity contribution in [2.24, 2.45) is 0 Å². The molecule has 2 aliphatic rings. The Kier molecular flexibility index (Phi) is 6.77. The molecule has 2 heterocycles. The number of aromatic nitrogens is 1. The molecule has 7 nitrogen and oxygen atoms in total. The molecule has 0 spiro atoms. The van der Waals surface area contributed by atoms with Crippen LogP contribution in [0.2, 0.25) is 0 Å². The smallest absolute Gasteiger partial charge is 0.255 e. The molecule has 1 saturated heterocycles. The standard InChI is InChI=1S/C25H33N3O4S/c1-18-16-24(19(2)28(18)22-9-5-4-6-10-22)25(30)26-12-14-27(15-13-26)33(31,32)23-11-7-8-21(17-23)20(3)29/h7-8,11,16-17,22H,4-6,9-10,12-15H2,1-3H3. The van der Waals surface area contributed by atoms with Gasteiger partial charge in [0.25, 0.3) is 5.91 Å². The van der Waals surface area contributed by atoms with Crippen molar-refractivity contribution in [3.63, 3.8) is 0 Å². The highest BCUT2D eigenvalue weighted by molar-refractivity contribution is 7.89. The van der Waals surface area contributed by atoms with E-state index in [9.17, 15) is 18.0 Å². The van der Waals surface area contributed by atoms with Gasteiger partial charge in [0.2, 0.25) is 10.0 Å². The summed E-state index contributed by atoms with van der Waals surface area (Å²) in [5.41, 5.74) is 3.23. The quantitative estimate of drug-likeness (QED) is 0.619. The number of ketones is 1. The van der Waals surface area contributed by atoms with Crippen LogP contribution < -0.4 is 0 Å². The summed E-state index contributed by atoms with van der Waals surface area (Å²) >= 11 is 0. The lowest BCUT2D eigenvalue weighted by Gasteiger charge is -2.34. The fourth-order valence-electron chi connectivity index (χ4n) is 5.22. The predicted molar refractivity (Wildman–Crippen MR) is 127 cm³/mol. The molecule has 8 heteroatoms. The Morgan fingerprint density at radius 2 is 1.61 bits per heavy atom. The number of piperazine rings is 1. The fourth-order valence-corrected chi connectivity index (χ4v) is 6.69. The molecule has 4 rings (SSSR count). The van der Waals surface area contributed by atoms with E-state index in [1.807, 2.05) is 13.0 Å². The highest BCUT2D eigenvalue weighted by Gasteiger charge is 2.32. The van der Waals surface area contributed by atoms with Crippen LogP contribution in [0.15, 0.2) is 35.2 Å². The van der Waals surface area contributed by atoms with Crippen molar-refractivity contribution in [3.8, 4) is 0 Å².